The molecular formula is C18H23NO2. The molecule has 0 atom stereocenters. The van der Waals surface area contributed by atoms with Gasteiger partial charge >= 0.3 is 0 Å². The predicted octanol–water partition coefficient (Wildman–Crippen LogP) is 2.60. The van der Waals surface area contributed by atoms with E-state index < -0.39 is 0 Å². The van der Waals surface area contributed by atoms with E-state index in [1.54, 1.807) is 0 Å². The summed E-state index contributed by atoms with van der Waals surface area (Å²) in [6.07, 6.45) is 2.22. The molecule has 0 aromatic heterocycles. The van der Waals surface area contributed by atoms with Crippen LogP contribution in [-0.2, 0) is 0 Å². The normalized spacial score (nSPS) is 17.0. The average molecular weight is 285 g/mol. The number of likely N-dealkylation sites (tertiary alicyclic amines) is 1. The summed E-state index contributed by atoms with van der Waals surface area (Å²) in [6.45, 7) is 7.83. The van der Waals surface area contributed by atoms with E-state index in [0.717, 1.165) is 42.6 Å². The minimum absolute atomic E-state index is 0.0907. The second kappa shape index (κ2) is 6.32. The number of aryl methyl sites for hydroxylation is 1. The first-order valence-corrected chi connectivity index (χ1v) is 7.43. The van der Waals surface area contributed by atoms with E-state index >= 15 is 0 Å². The lowest BCUT2D eigenvalue weighted by Gasteiger charge is -2.38. The van der Waals surface area contributed by atoms with E-state index in [1.165, 1.54) is 0 Å². The van der Waals surface area contributed by atoms with Crippen LogP contribution in [0.1, 0.15) is 48.2 Å². The Balaban J connectivity index is 2.26. The molecule has 0 bridgehead atoms. The van der Waals surface area contributed by atoms with Crippen molar-refractivity contribution >= 4 is 5.91 Å². The van der Waals surface area contributed by atoms with Gasteiger partial charge in [0.15, 0.2) is 0 Å². The van der Waals surface area contributed by atoms with Gasteiger partial charge in [-0.15, -0.1) is 0 Å². The van der Waals surface area contributed by atoms with Crippen molar-refractivity contribution in [2.45, 2.75) is 33.6 Å². The SMILES string of the molecule is Cc1ccc(C#CCO)cc1C(=O)N1CCCC(C)(C)C1. The molecule has 0 spiro atoms. The maximum atomic E-state index is 12.8. The number of amides is 1. The highest BCUT2D eigenvalue weighted by Crippen LogP contribution is 2.29. The first-order valence-electron chi connectivity index (χ1n) is 7.43. The maximum absolute atomic E-state index is 12.8. The number of nitrogens with zero attached hydrogens (tertiary/aromatic N) is 1. The zero-order valence-corrected chi connectivity index (χ0v) is 13.1. The van der Waals surface area contributed by atoms with Crippen LogP contribution in [0.3, 0.4) is 0 Å². The van der Waals surface area contributed by atoms with Gasteiger partial charge in [-0.2, -0.15) is 0 Å². The van der Waals surface area contributed by atoms with Gasteiger partial charge < -0.3 is 10.0 Å². The highest BCUT2D eigenvalue weighted by molar-refractivity contribution is 5.96. The molecule has 1 aliphatic heterocycles. The molecule has 1 fully saturated rings. The lowest BCUT2D eigenvalue weighted by atomic mass is 9.84. The largest absolute Gasteiger partial charge is 0.384 e. The Labute approximate surface area is 127 Å². The van der Waals surface area contributed by atoms with E-state index in [9.17, 15) is 4.79 Å². The van der Waals surface area contributed by atoms with Crippen LogP contribution in [-0.4, -0.2) is 35.6 Å². The Hall–Kier alpha value is -1.79. The third-order valence-electron chi connectivity index (χ3n) is 3.97. The summed E-state index contributed by atoms with van der Waals surface area (Å²) in [4.78, 5) is 14.7. The summed E-state index contributed by atoms with van der Waals surface area (Å²) < 4.78 is 0. The fraction of sp³-hybridized carbons (Fsp3) is 0.500. The fourth-order valence-electron chi connectivity index (χ4n) is 2.84. The number of piperidine rings is 1. The van der Waals surface area contributed by atoms with Crippen LogP contribution in [0.2, 0.25) is 0 Å². The Morgan fingerprint density at radius 2 is 2.19 bits per heavy atom. The molecule has 1 amide bonds. The van der Waals surface area contributed by atoms with Crippen LogP contribution >= 0.6 is 0 Å². The van der Waals surface area contributed by atoms with Crippen molar-refractivity contribution in [2.75, 3.05) is 19.7 Å². The minimum Gasteiger partial charge on any atom is -0.384 e. The van der Waals surface area contributed by atoms with Gasteiger partial charge in [0.05, 0.1) is 0 Å². The molecule has 0 unspecified atom stereocenters. The molecular weight excluding hydrogens is 262 g/mol. The summed E-state index contributed by atoms with van der Waals surface area (Å²) >= 11 is 0. The number of carbonyl (C=O) groups is 1. The monoisotopic (exact) mass is 285 g/mol. The van der Waals surface area contributed by atoms with Crippen molar-refractivity contribution in [3.63, 3.8) is 0 Å². The maximum Gasteiger partial charge on any atom is 0.254 e. The van der Waals surface area contributed by atoms with Gasteiger partial charge in [-0.05, 0) is 42.9 Å². The van der Waals surface area contributed by atoms with Crippen LogP contribution < -0.4 is 0 Å². The van der Waals surface area contributed by atoms with Gasteiger partial charge in [0, 0.05) is 24.2 Å². The molecule has 1 aromatic carbocycles. The van der Waals surface area contributed by atoms with Gasteiger partial charge in [0.2, 0.25) is 0 Å². The van der Waals surface area contributed by atoms with Crippen molar-refractivity contribution in [3.8, 4) is 11.8 Å². The van der Waals surface area contributed by atoms with Crippen molar-refractivity contribution in [1.29, 1.82) is 0 Å². The van der Waals surface area contributed by atoms with E-state index in [2.05, 4.69) is 25.7 Å². The number of rotatable bonds is 1. The highest BCUT2D eigenvalue weighted by Gasteiger charge is 2.30. The number of hydrogen-bond acceptors (Lipinski definition) is 2. The zero-order valence-electron chi connectivity index (χ0n) is 13.1. The van der Waals surface area contributed by atoms with Gasteiger partial charge in [-0.1, -0.05) is 31.8 Å². The van der Waals surface area contributed by atoms with Crippen molar-refractivity contribution in [1.82, 2.24) is 4.90 Å². The molecule has 1 saturated heterocycles. The fourth-order valence-corrected chi connectivity index (χ4v) is 2.84. The Morgan fingerprint density at radius 1 is 1.43 bits per heavy atom. The molecule has 3 heteroatoms. The van der Waals surface area contributed by atoms with Crippen LogP contribution in [0, 0.1) is 24.2 Å². The molecule has 21 heavy (non-hydrogen) atoms. The lowest BCUT2D eigenvalue weighted by Crippen LogP contribution is -2.43. The van der Waals surface area contributed by atoms with E-state index in [-0.39, 0.29) is 17.9 Å². The third kappa shape index (κ3) is 3.86. The number of hydrogen-bond donors (Lipinski definition) is 1. The predicted molar refractivity (Wildman–Crippen MR) is 84.1 cm³/mol. The summed E-state index contributed by atoms with van der Waals surface area (Å²) in [5.41, 5.74) is 2.65. The quantitative estimate of drug-likeness (QED) is 0.806. The van der Waals surface area contributed by atoms with E-state index in [0.29, 0.717) is 0 Å². The first kappa shape index (κ1) is 15.6. The van der Waals surface area contributed by atoms with Gasteiger partial charge in [-0.25, -0.2) is 0 Å². The topological polar surface area (TPSA) is 40.5 Å². The van der Waals surface area contributed by atoms with Crippen LogP contribution in [0.25, 0.3) is 0 Å². The number of aliphatic hydroxyl groups excluding tert-OH is 1. The molecule has 0 radical (unpaired) electrons. The molecule has 112 valence electrons. The highest BCUT2D eigenvalue weighted by atomic mass is 16.2. The molecule has 3 nitrogen and oxygen atoms in total. The van der Waals surface area contributed by atoms with Gasteiger partial charge in [0.1, 0.15) is 6.61 Å². The van der Waals surface area contributed by atoms with Crippen LogP contribution in [0.5, 0.6) is 0 Å². The number of aliphatic hydroxyl groups is 1. The molecule has 0 aliphatic carbocycles. The lowest BCUT2D eigenvalue weighted by molar-refractivity contribution is 0.0582. The summed E-state index contributed by atoms with van der Waals surface area (Å²) in [6, 6.07) is 5.64. The van der Waals surface area contributed by atoms with E-state index in [1.807, 2.05) is 30.0 Å². The minimum atomic E-state index is -0.169. The third-order valence-corrected chi connectivity index (χ3v) is 3.97. The molecule has 1 aromatic rings. The molecule has 2 rings (SSSR count). The average Bonchev–Trinajstić information content (AvgIpc) is 2.44. The summed E-state index contributed by atoms with van der Waals surface area (Å²) in [7, 11) is 0. The Morgan fingerprint density at radius 3 is 2.86 bits per heavy atom. The van der Waals surface area contributed by atoms with Crippen LogP contribution in [0.15, 0.2) is 18.2 Å². The molecule has 1 N–H and O–H groups in total. The summed E-state index contributed by atoms with van der Waals surface area (Å²) in [5.74, 6) is 5.58. The first-order chi connectivity index (χ1) is 9.93. The van der Waals surface area contributed by atoms with Crippen molar-refractivity contribution < 1.29 is 9.90 Å². The second-order valence-electron chi connectivity index (χ2n) is 6.48. The zero-order chi connectivity index (χ0) is 15.5. The standard InChI is InChI=1S/C18H23NO2/c1-14-7-8-15(6-4-11-20)12-16(14)17(21)19-10-5-9-18(2,3)13-19/h7-8,12,20H,5,9-11,13H2,1-3H3. The Bertz CT molecular complexity index is 593. The smallest absolute Gasteiger partial charge is 0.254 e. The number of benzene rings is 1. The molecule has 1 heterocycles. The second-order valence-corrected chi connectivity index (χ2v) is 6.48. The van der Waals surface area contributed by atoms with Gasteiger partial charge in [-0.3, -0.25) is 4.79 Å². The molecule has 0 saturated carbocycles. The van der Waals surface area contributed by atoms with Gasteiger partial charge in [0.25, 0.3) is 5.91 Å². The molecule has 1 aliphatic rings. The van der Waals surface area contributed by atoms with E-state index in [4.69, 9.17) is 5.11 Å². The van der Waals surface area contributed by atoms with Crippen LogP contribution in [0.4, 0.5) is 0 Å². The summed E-state index contributed by atoms with van der Waals surface area (Å²) in [5, 5.41) is 8.77. The number of carbonyl (C=O) groups excluding carboxylic acids is 1. The van der Waals surface area contributed by atoms with Crippen molar-refractivity contribution in [3.05, 3.63) is 34.9 Å². The van der Waals surface area contributed by atoms with Crippen molar-refractivity contribution in [2.24, 2.45) is 5.41 Å². The Kier molecular flexibility index (Phi) is 4.69.